The molecule has 2 N–H and O–H groups in total. The van der Waals surface area contributed by atoms with Gasteiger partial charge in [0.05, 0.1) is 6.54 Å². The maximum atomic E-state index is 4.67. The molecule has 1 fully saturated rings. The molecule has 1 atom stereocenters. The van der Waals surface area contributed by atoms with Crippen molar-refractivity contribution in [1.29, 1.82) is 0 Å². The molecule has 0 aromatic rings. The SMILES string of the molecule is CCNC(=NCCN(C)C1CCCC1)NC(C)CC. The summed E-state index contributed by atoms with van der Waals surface area (Å²) in [6.45, 7) is 9.34. The van der Waals surface area contributed by atoms with Crippen LogP contribution < -0.4 is 10.6 Å². The van der Waals surface area contributed by atoms with Crippen molar-refractivity contribution < 1.29 is 0 Å². The lowest BCUT2D eigenvalue weighted by Gasteiger charge is -2.23. The smallest absolute Gasteiger partial charge is 0.191 e. The Morgan fingerprint density at radius 2 is 2.00 bits per heavy atom. The first-order chi connectivity index (χ1) is 9.17. The Balaban J connectivity index is 2.32. The summed E-state index contributed by atoms with van der Waals surface area (Å²) in [6, 6.07) is 1.27. The predicted molar refractivity (Wildman–Crippen MR) is 83.8 cm³/mol. The van der Waals surface area contributed by atoms with E-state index in [0.29, 0.717) is 6.04 Å². The van der Waals surface area contributed by atoms with Gasteiger partial charge in [-0.05, 0) is 40.2 Å². The minimum atomic E-state index is 0.477. The highest BCUT2D eigenvalue weighted by atomic mass is 15.2. The van der Waals surface area contributed by atoms with E-state index in [0.717, 1.165) is 38.1 Å². The van der Waals surface area contributed by atoms with Gasteiger partial charge in [-0.1, -0.05) is 19.8 Å². The third-order valence-electron chi connectivity index (χ3n) is 4.01. The molecule has 0 bridgehead atoms. The van der Waals surface area contributed by atoms with Crippen molar-refractivity contribution in [2.75, 3.05) is 26.7 Å². The molecule has 1 saturated carbocycles. The highest BCUT2D eigenvalue weighted by Gasteiger charge is 2.18. The second-order valence-electron chi connectivity index (χ2n) is 5.63. The second-order valence-corrected chi connectivity index (χ2v) is 5.63. The van der Waals surface area contributed by atoms with Crippen LogP contribution in [0.3, 0.4) is 0 Å². The number of likely N-dealkylation sites (N-methyl/N-ethyl adjacent to an activating group) is 1. The van der Waals surface area contributed by atoms with Gasteiger partial charge in [0.2, 0.25) is 0 Å². The molecule has 1 aliphatic carbocycles. The molecule has 0 saturated heterocycles. The molecule has 0 spiro atoms. The van der Waals surface area contributed by atoms with E-state index in [1.807, 2.05) is 0 Å². The minimum absolute atomic E-state index is 0.477. The molecular formula is C15H32N4. The van der Waals surface area contributed by atoms with Crippen LogP contribution in [0.1, 0.15) is 52.9 Å². The molecule has 112 valence electrons. The molecule has 0 heterocycles. The first kappa shape index (κ1) is 16.3. The van der Waals surface area contributed by atoms with Crippen LogP contribution in [0.4, 0.5) is 0 Å². The van der Waals surface area contributed by atoms with Crippen LogP contribution >= 0.6 is 0 Å². The number of hydrogen-bond acceptors (Lipinski definition) is 2. The number of nitrogens with zero attached hydrogens (tertiary/aromatic N) is 2. The number of aliphatic imine (C=N–C) groups is 1. The van der Waals surface area contributed by atoms with Crippen LogP contribution in [0.15, 0.2) is 4.99 Å². The van der Waals surface area contributed by atoms with E-state index in [1.165, 1.54) is 25.7 Å². The maximum Gasteiger partial charge on any atom is 0.191 e. The number of guanidine groups is 1. The van der Waals surface area contributed by atoms with E-state index >= 15 is 0 Å². The predicted octanol–water partition coefficient (Wildman–Crippen LogP) is 2.21. The second kappa shape index (κ2) is 9.18. The van der Waals surface area contributed by atoms with Crippen molar-refractivity contribution in [3.8, 4) is 0 Å². The number of rotatable bonds is 7. The van der Waals surface area contributed by atoms with Crippen LogP contribution in [0.2, 0.25) is 0 Å². The van der Waals surface area contributed by atoms with Crippen molar-refractivity contribution >= 4 is 5.96 Å². The molecule has 1 unspecified atom stereocenters. The summed E-state index contributed by atoms with van der Waals surface area (Å²) in [7, 11) is 2.24. The summed E-state index contributed by atoms with van der Waals surface area (Å²) in [5, 5.41) is 6.74. The summed E-state index contributed by atoms with van der Waals surface area (Å²) in [5.74, 6) is 0.955. The molecule has 0 radical (unpaired) electrons. The van der Waals surface area contributed by atoms with Gasteiger partial charge >= 0.3 is 0 Å². The largest absolute Gasteiger partial charge is 0.357 e. The summed E-state index contributed by atoms with van der Waals surface area (Å²) >= 11 is 0. The Morgan fingerprint density at radius 3 is 2.58 bits per heavy atom. The van der Waals surface area contributed by atoms with Gasteiger partial charge in [0, 0.05) is 25.2 Å². The quantitative estimate of drug-likeness (QED) is 0.549. The molecule has 1 rings (SSSR count). The topological polar surface area (TPSA) is 39.7 Å². The fourth-order valence-electron chi connectivity index (χ4n) is 2.50. The lowest BCUT2D eigenvalue weighted by molar-refractivity contribution is 0.252. The Hall–Kier alpha value is -0.770. The van der Waals surface area contributed by atoms with Gasteiger partial charge in [0.15, 0.2) is 5.96 Å². The van der Waals surface area contributed by atoms with Crippen LogP contribution in [0.25, 0.3) is 0 Å². The standard InChI is InChI=1S/C15H32N4/c1-5-13(3)18-15(16-6-2)17-11-12-19(4)14-9-7-8-10-14/h13-14H,5-12H2,1-4H3,(H2,16,17,18). The third kappa shape index (κ3) is 6.28. The average Bonchev–Trinajstić information content (AvgIpc) is 2.92. The highest BCUT2D eigenvalue weighted by Crippen LogP contribution is 2.21. The Morgan fingerprint density at radius 1 is 1.32 bits per heavy atom. The summed E-state index contributed by atoms with van der Waals surface area (Å²) in [4.78, 5) is 7.14. The van der Waals surface area contributed by atoms with E-state index < -0.39 is 0 Å². The van der Waals surface area contributed by atoms with Crippen LogP contribution in [0.5, 0.6) is 0 Å². The van der Waals surface area contributed by atoms with Gasteiger partial charge in [-0.25, -0.2) is 0 Å². The van der Waals surface area contributed by atoms with Gasteiger partial charge in [-0.15, -0.1) is 0 Å². The fraction of sp³-hybridized carbons (Fsp3) is 0.933. The zero-order valence-corrected chi connectivity index (χ0v) is 13.2. The van der Waals surface area contributed by atoms with Crippen LogP contribution in [0, 0.1) is 0 Å². The molecule has 4 nitrogen and oxygen atoms in total. The third-order valence-corrected chi connectivity index (χ3v) is 4.01. The van der Waals surface area contributed by atoms with Gasteiger partial charge in [-0.3, -0.25) is 4.99 Å². The first-order valence-electron chi connectivity index (χ1n) is 7.92. The zero-order chi connectivity index (χ0) is 14.1. The van der Waals surface area contributed by atoms with Gasteiger partial charge < -0.3 is 15.5 Å². The fourth-order valence-corrected chi connectivity index (χ4v) is 2.50. The Kier molecular flexibility index (Phi) is 7.87. The van der Waals surface area contributed by atoms with Crippen molar-refractivity contribution in [1.82, 2.24) is 15.5 Å². The number of hydrogen-bond donors (Lipinski definition) is 2. The van der Waals surface area contributed by atoms with Crippen molar-refractivity contribution in [2.45, 2.75) is 65.0 Å². The van der Waals surface area contributed by atoms with Crippen molar-refractivity contribution in [3.05, 3.63) is 0 Å². The zero-order valence-electron chi connectivity index (χ0n) is 13.2. The summed E-state index contributed by atoms with van der Waals surface area (Å²) < 4.78 is 0. The lowest BCUT2D eigenvalue weighted by atomic mass is 10.2. The van der Waals surface area contributed by atoms with Crippen LogP contribution in [-0.4, -0.2) is 49.6 Å². The van der Waals surface area contributed by atoms with E-state index in [2.05, 4.69) is 48.3 Å². The van der Waals surface area contributed by atoms with Crippen molar-refractivity contribution in [2.24, 2.45) is 4.99 Å². The highest BCUT2D eigenvalue weighted by molar-refractivity contribution is 5.80. The average molecular weight is 268 g/mol. The molecule has 0 aromatic carbocycles. The van der Waals surface area contributed by atoms with Gasteiger partial charge in [-0.2, -0.15) is 0 Å². The molecule has 0 amide bonds. The molecule has 0 aliphatic heterocycles. The normalized spacial score (nSPS) is 18.9. The Bertz CT molecular complexity index is 259. The molecule has 1 aliphatic rings. The van der Waals surface area contributed by atoms with E-state index in [4.69, 9.17) is 0 Å². The summed E-state index contributed by atoms with van der Waals surface area (Å²) in [5.41, 5.74) is 0. The maximum absolute atomic E-state index is 4.67. The van der Waals surface area contributed by atoms with Crippen molar-refractivity contribution in [3.63, 3.8) is 0 Å². The molecule has 0 aromatic heterocycles. The number of nitrogens with one attached hydrogen (secondary N) is 2. The molecule has 4 heteroatoms. The van der Waals surface area contributed by atoms with Crippen LogP contribution in [-0.2, 0) is 0 Å². The van der Waals surface area contributed by atoms with E-state index in [-0.39, 0.29) is 0 Å². The van der Waals surface area contributed by atoms with E-state index in [9.17, 15) is 0 Å². The molecular weight excluding hydrogens is 236 g/mol. The first-order valence-corrected chi connectivity index (χ1v) is 7.92. The van der Waals surface area contributed by atoms with Gasteiger partial charge in [0.1, 0.15) is 0 Å². The lowest BCUT2D eigenvalue weighted by Crippen LogP contribution is -2.42. The molecule has 19 heavy (non-hydrogen) atoms. The Labute approximate surface area is 119 Å². The van der Waals surface area contributed by atoms with E-state index in [1.54, 1.807) is 0 Å². The van der Waals surface area contributed by atoms with Gasteiger partial charge in [0.25, 0.3) is 0 Å². The monoisotopic (exact) mass is 268 g/mol. The minimum Gasteiger partial charge on any atom is -0.357 e. The summed E-state index contributed by atoms with van der Waals surface area (Å²) in [6.07, 6.45) is 6.65.